The van der Waals surface area contributed by atoms with Gasteiger partial charge < -0.3 is 24.7 Å². The number of rotatable bonds is 8. The summed E-state index contributed by atoms with van der Waals surface area (Å²) < 4.78 is 111. The summed E-state index contributed by atoms with van der Waals surface area (Å²) in [6, 6.07) is 9.63. The smallest absolute Gasteiger partial charge is 0.406 e. The van der Waals surface area contributed by atoms with E-state index in [1.807, 2.05) is 0 Å². The van der Waals surface area contributed by atoms with Crippen molar-refractivity contribution in [3.05, 3.63) is 76.6 Å². The van der Waals surface area contributed by atoms with Gasteiger partial charge in [0.05, 0.1) is 4.90 Å². The first kappa shape index (κ1) is 32.0. The number of alkyl halides is 6. The first-order valence-corrected chi connectivity index (χ1v) is 15.1. The number of hydrogen-bond donors (Lipinski definition) is 2. The molecule has 1 aliphatic rings. The molecule has 0 aliphatic carbocycles. The van der Waals surface area contributed by atoms with E-state index in [9.17, 15) is 44.3 Å². The molecular weight excluding hydrogens is 656 g/mol. The number of amides is 1. The van der Waals surface area contributed by atoms with E-state index in [0.717, 1.165) is 52.0 Å². The Kier molecular flexibility index (Phi) is 8.69. The van der Waals surface area contributed by atoms with Gasteiger partial charge in [-0.15, -0.1) is 26.3 Å². The number of carbonyl (C=O) groups is 1. The van der Waals surface area contributed by atoms with E-state index in [2.05, 4.69) is 24.8 Å². The Morgan fingerprint density at radius 3 is 2.13 bits per heavy atom. The van der Waals surface area contributed by atoms with Crippen LogP contribution in [-0.2, 0) is 21.4 Å². The summed E-state index contributed by atoms with van der Waals surface area (Å²) in [4.78, 5) is 34.1. The third kappa shape index (κ3) is 7.84. The summed E-state index contributed by atoms with van der Waals surface area (Å²) in [6.07, 6.45) is -9.87. The summed E-state index contributed by atoms with van der Waals surface area (Å²) in [6.45, 7) is -0.524. The molecule has 19 heteroatoms. The van der Waals surface area contributed by atoms with Gasteiger partial charge in [0.25, 0.3) is 0 Å². The van der Waals surface area contributed by atoms with E-state index in [0.29, 0.717) is 21.0 Å². The fourth-order valence-corrected chi connectivity index (χ4v) is 7.03. The van der Waals surface area contributed by atoms with E-state index in [-0.39, 0.29) is 36.6 Å². The topological polar surface area (TPSA) is 134 Å². The van der Waals surface area contributed by atoms with Gasteiger partial charge in [-0.05, 0) is 48.0 Å². The lowest BCUT2D eigenvalue weighted by Crippen LogP contribution is -2.60. The Morgan fingerprint density at radius 1 is 0.933 bits per heavy atom. The zero-order valence-corrected chi connectivity index (χ0v) is 24.2. The quantitative estimate of drug-likeness (QED) is 0.268. The SMILES string of the molecule is O=C(NCc1ccc(OC(F)(F)F)cc1)[C@H]1CN(c2nc3ccc(=O)[nH]c3s2)CCN1S(=O)(=O)c1ccc(OC(F)(F)F)cc1. The molecule has 1 amide bonds. The Bertz CT molecular complexity index is 1840. The zero-order chi connectivity index (χ0) is 32.6. The van der Waals surface area contributed by atoms with Crippen molar-refractivity contribution in [1.29, 1.82) is 0 Å². The third-order valence-corrected chi connectivity index (χ3v) is 9.43. The Morgan fingerprint density at radius 2 is 1.53 bits per heavy atom. The monoisotopic (exact) mass is 677 g/mol. The van der Waals surface area contributed by atoms with Gasteiger partial charge in [-0.1, -0.05) is 23.5 Å². The number of ether oxygens (including phenoxy) is 2. The molecule has 0 unspecified atom stereocenters. The van der Waals surface area contributed by atoms with Gasteiger partial charge in [0.2, 0.25) is 21.5 Å². The number of H-pyrrole nitrogens is 1. The minimum atomic E-state index is -4.99. The molecule has 1 aliphatic heterocycles. The van der Waals surface area contributed by atoms with Gasteiger partial charge in [0, 0.05) is 32.2 Å². The predicted molar refractivity (Wildman–Crippen MR) is 148 cm³/mol. The number of benzene rings is 2. The molecular formula is C26H21F6N5O6S2. The number of carbonyl (C=O) groups excluding carboxylic acids is 1. The van der Waals surface area contributed by atoms with Crippen molar-refractivity contribution in [2.24, 2.45) is 0 Å². The van der Waals surface area contributed by atoms with E-state index in [1.54, 1.807) is 4.90 Å². The van der Waals surface area contributed by atoms with Gasteiger partial charge in [-0.2, -0.15) is 4.31 Å². The second-order valence-electron chi connectivity index (χ2n) is 9.54. The zero-order valence-electron chi connectivity index (χ0n) is 22.6. The fraction of sp³-hybridized carbons (Fsp3) is 0.269. The third-order valence-electron chi connectivity index (χ3n) is 6.46. The van der Waals surface area contributed by atoms with Crippen LogP contribution < -0.4 is 25.2 Å². The number of sulfonamides is 1. The maximum absolute atomic E-state index is 13.7. The molecule has 2 aromatic carbocycles. The molecule has 1 saturated heterocycles. The number of halogens is 6. The Hall–Kier alpha value is -4.36. The van der Waals surface area contributed by atoms with Crippen LogP contribution in [0.25, 0.3) is 10.3 Å². The molecule has 0 saturated carbocycles. The minimum absolute atomic E-state index is 0.0724. The first-order chi connectivity index (χ1) is 21.1. The fourth-order valence-electron chi connectivity index (χ4n) is 4.47. The highest BCUT2D eigenvalue weighted by atomic mass is 32.2. The van der Waals surface area contributed by atoms with Crippen LogP contribution in [-0.4, -0.2) is 67.0 Å². The standard InChI is InChI=1S/C26H21F6N5O6S2/c27-25(28,29)42-16-3-1-15(2-4-16)13-33-22(39)20-14-36(24-34-19-9-10-21(38)35-23(19)44-24)11-12-37(20)45(40,41)18-7-5-17(6-8-18)43-26(30,31)32/h1-10,20H,11-14H2,(H,33,39)(H,35,38)/t20-/m1/s1. The summed E-state index contributed by atoms with van der Waals surface area (Å²) in [5, 5.41) is 2.99. The number of thiazole rings is 1. The van der Waals surface area contributed by atoms with Crippen LogP contribution in [0.5, 0.6) is 11.5 Å². The summed E-state index contributed by atoms with van der Waals surface area (Å²) in [7, 11) is -4.44. The van der Waals surface area contributed by atoms with Gasteiger partial charge in [0.15, 0.2) is 5.13 Å². The number of fused-ring (bicyclic) bond motifs is 1. The average Bonchev–Trinajstić information content (AvgIpc) is 3.38. The van der Waals surface area contributed by atoms with Crippen molar-refractivity contribution in [2.75, 3.05) is 24.5 Å². The van der Waals surface area contributed by atoms with E-state index in [1.165, 1.54) is 24.3 Å². The van der Waals surface area contributed by atoms with E-state index >= 15 is 0 Å². The summed E-state index contributed by atoms with van der Waals surface area (Å²) >= 11 is 1.12. The lowest BCUT2D eigenvalue weighted by Gasteiger charge is -2.39. The van der Waals surface area contributed by atoms with E-state index < -0.39 is 46.2 Å². The highest BCUT2D eigenvalue weighted by Gasteiger charge is 2.41. The summed E-state index contributed by atoms with van der Waals surface area (Å²) in [5.74, 6) is -1.87. The van der Waals surface area contributed by atoms with Crippen molar-refractivity contribution >= 4 is 42.7 Å². The van der Waals surface area contributed by atoms with Gasteiger partial charge >= 0.3 is 12.7 Å². The Balaban J connectivity index is 1.39. The lowest BCUT2D eigenvalue weighted by molar-refractivity contribution is -0.275. The van der Waals surface area contributed by atoms with Crippen LogP contribution in [0.4, 0.5) is 31.5 Å². The van der Waals surface area contributed by atoms with Crippen LogP contribution in [0.2, 0.25) is 0 Å². The predicted octanol–water partition coefficient (Wildman–Crippen LogP) is 3.98. The minimum Gasteiger partial charge on any atom is -0.406 e. The molecule has 0 radical (unpaired) electrons. The highest BCUT2D eigenvalue weighted by molar-refractivity contribution is 7.89. The molecule has 45 heavy (non-hydrogen) atoms. The van der Waals surface area contributed by atoms with Crippen LogP contribution >= 0.6 is 11.3 Å². The van der Waals surface area contributed by atoms with E-state index in [4.69, 9.17) is 0 Å². The second-order valence-corrected chi connectivity index (χ2v) is 12.4. The number of pyridine rings is 1. The van der Waals surface area contributed by atoms with Crippen molar-refractivity contribution in [2.45, 2.75) is 30.2 Å². The number of aromatic amines is 1. The first-order valence-electron chi connectivity index (χ1n) is 12.8. The molecule has 1 fully saturated rings. The largest absolute Gasteiger partial charge is 0.573 e. The van der Waals surface area contributed by atoms with Crippen LogP contribution in [0.3, 0.4) is 0 Å². The molecule has 0 spiro atoms. The van der Waals surface area contributed by atoms with Crippen LogP contribution in [0.15, 0.2) is 70.4 Å². The molecule has 1 atom stereocenters. The molecule has 4 aromatic rings. The molecule has 11 nitrogen and oxygen atoms in total. The van der Waals surface area contributed by atoms with Crippen LogP contribution in [0, 0.1) is 0 Å². The van der Waals surface area contributed by atoms with Gasteiger partial charge in [-0.25, -0.2) is 13.4 Å². The molecule has 240 valence electrons. The van der Waals surface area contributed by atoms with Crippen molar-refractivity contribution in [1.82, 2.24) is 19.6 Å². The number of aromatic nitrogens is 2. The normalized spacial score (nSPS) is 16.5. The Labute approximate surface area is 254 Å². The molecule has 0 bridgehead atoms. The van der Waals surface area contributed by atoms with Crippen molar-refractivity contribution in [3.63, 3.8) is 0 Å². The van der Waals surface area contributed by atoms with Crippen molar-refractivity contribution < 1.29 is 49.0 Å². The number of piperazine rings is 1. The van der Waals surface area contributed by atoms with Gasteiger partial charge in [-0.3, -0.25) is 9.59 Å². The second kappa shape index (κ2) is 12.2. The molecule has 2 aromatic heterocycles. The van der Waals surface area contributed by atoms with Gasteiger partial charge in [0.1, 0.15) is 27.9 Å². The number of anilines is 1. The number of nitrogens with one attached hydrogen (secondary N) is 2. The molecule has 5 rings (SSSR count). The number of hydrogen-bond acceptors (Lipinski definition) is 9. The maximum Gasteiger partial charge on any atom is 0.573 e. The highest BCUT2D eigenvalue weighted by Crippen LogP contribution is 2.31. The number of nitrogens with zero attached hydrogens (tertiary/aromatic N) is 3. The van der Waals surface area contributed by atoms with Crippen LogP contribution in [0.1, 0.15) is 5.56 Å². The molecule has 2 N–H and O–H groups in total. The maximum atomic E-state index is 13.7. The molecule has 3 heterocycles. The van der Waals surface area contributed by atoms with Crippen molar-refractivity contribution in [3.8, 4) is 11.5 Å². The average molecular weight is 678 g/mol. The summed E-state index contributed by atoms with van der Waals surface area (Å²) in [5.41, 5.74) is 0.510. The lowest BCUT2D eigenvalue weighted by atomic mass is 10.1.